The fourth-order valence-electron chi connectivity index (χ4n) is 4.23. The summed E-state index contributed by atoms with van der Waals surface area (Å²) >= 11 is 1.64. The smallest absolute Gasteiger partial charge is 0.136 e. The first-order chi connectivity index (χ1) is 18.2. The van der Waals surface area contributed by atoms with Gasteiger partial charge in [0.1, 0.15) is 23.7 Å². The first-order valence-corrected chi connectivity index (χ1v) is 13.4. The summed E-state index contributed by atoms with van der Waals surface area (Å²) in [4.78, 5) is 3.93. The second-order valence-corrected chi connectivity index (χ2v) is 9.98. The molecule has 0 N–H and O–H groups in total. The molecular weight excluding hydrogens is 486 g/mol. The summed E-state index contributed by atoms with van der Waals surface area (Å²) in [5.41, 5.74) is 10.4. The van der Waals surface area contributed by atoms with Crippen LogP contribution in [0.5, 0.6) is 0 Å². The van der Waals surface area contributed by atoms with Crippen molar-refractivity contribution < 1.29 is 18.9 Å². The van der Waals surface area contributed by atoms with Crippen molar-refractivity contribution in [1.82, 2.24) is 0 Å². The van der Waals surface area contributed by atoms with E-state index in [1.807, 2.05) is 61.5 Å². The molecule has 0 bridgehead atoms. The second kappa shape index (κ2) is 14.8. The number of hydrogen-bond acceptors (Lipinski definition) is 6. The quantitative estimate of drug-likeness (QED) is 0.108. The van der Waals surface area contributed by atoms with E-state index < -0.39 is 0 Å². The molecule has 0 spiro atoms. The minimum absolute atomic E-state index is 0.224. The molecule has 0 aromatic heterocycles. The van der Waals surface area contributed by atoms with Crippen LogP contribution in [0.2, 0.25) is 0 Å². The summed E-state index contributed by atoms with van der Waals surface area (Å²) in [5, 5.41) is 3.62. The zero-order chi connectivity index (χ0) is 25.7. The lowest BCUT2D eigenvalue weighted by atomic mass is 9.99. The number of thioether (sulfide) groups is 1. The highest BCUT2D eigenvalue weighted by Gasteiger charge is 2.47. The SMILES string of the molecule is C[C@H]1O[C@@H](Sc2ccccc2)[C@H](OCc2ccccc2)[C@@H](OCc2ccccc2)[C@@H]1OCCCN=[N+]=[N-]. The van der Waals surface area contributed by atoms with Crippen molar-refractivity contribution >= 4 is 11.8 Å². The zero-order valence-corrected chi connectivity index (χ0v) is 21.8. The van der Waals surface area contributed by atoms with Gasteiger partial charge in [-0.25, -0.2) is 0 Å². The molecule has 1 heterocycles. The van der Waals surface area contributed by atoms with Crippen molar-refractivity contribution in [2.45, 2.75) is 61.3 Å². The van der Waals surface area contributed by atoms with Crippen LogP contribution in [0.15, 0.2) is 101 Å². The highest BCUT2D eigenvalue weighted by molar-refractivity contribution is 7.99. The van der Waals surface area contributed by atoms with Crippen LogP contribution < -0.4 is 0 Å². The van der Waals surface area contributed by atoms with E-state index in [2.05, 4.69) is 46.4 Å². The standard InChI is InChI=1S/C29H33N3O4S/c1-22-26(33-19-11-18-31-32-30)27(34-20-23-12-5-2-6-13-23)28(35-21-24-14-7-3-8-15-24)29(36-22)37-25-16-9-4-10-17-25/h2-10,12-17,22,26-29H,11,18-21H2,1H3/t22-,26-,27+,28-,29+/m1/s1. The third kappa shape index (κ3) is 8.33. The van der Waals surface area contributed by atoms with Crippen molar-refractivity contribution in [2.75, 3.05) is 13.2 Å². The molecule has 37 heavy (non-hydrogen) atoms. The Hall–Kier alpha value is -2.84. The molecule has 0 amide bonds. The third-order valence-corrected chi connectivity index (χ3v) is 7.23. The van der Waals surface area contributed by atoms with Gasteiger partial charge in [-0.3, -0.25) is 0 Å². The summed E-state index contributed by atoms with van der Waals surface area (Å²) in [6.45, 7) is 3.70. The van der Waals surface area contributed by atoms with E-state index in [1.54, 1.807) is 11.8 Å². The Morgan fingerprint density at radius 1 is 0.784 bits per heavy atom. The minimum Gasteiger partial charge on any atom is -0.373 e. The maximum absolute atomic E-state index is 8.57. The Labute approximate surface area is 222 Å². The lowest BCUT2D eigenvalue weighted by Gasteiger charge is -2.45. The topological polar surface area (TPSA) is 85.7 Å². The third-order valence-electron chi connectivity index (χ3n) is 6.07. The molecule has 1 aliphatic rings. The van der Waals surface area contributed by atoms with Crippen LogP contribution in [-0.2, 0) is 32.2 Å². The predicted octanol–water partition coefficient (Wildman–Crippen LogP) is 6.78. The molecule has 3 aromatic carbocycles. The molecule has 0 aliphatic carbocycles. The van der Waals surface area contributed by atoms with Crippen LogP contribution in [0.3, 0.4) is 0 Å². The van der Waals surface area contributed by atoms with E-state index in [9.17, 15) is 0 Å². The van der Waals surface area contributed by atoms with Crippen LogP contribution in [-0.4, -0.2) is 43.0 Å². The first kappa shape index (κ1) is 27.2. The lowest BCUT2D eigenvalue weighted by molar-refractivity contribution is -0.240. The van der Waals surface area contributed by atoms with Gasteiger partial charge in [-0.15, -0.1) is 0 Å². The Morgan fingerprint density at radius 3 is 1.95 bits per heavy atom. The average molecular weight is 520 g/mol. The molecule has 1 fully saturated rings. The van der Waals surface area contributed by atoms with Crippen molar-refractivity contribution in [3.8, 4) is 0 Å². The maximum atomic E-state index is 8.57. The molecule has 5 atom stereocenters. The van der Waals surface area contributed by atoms with Crippen molar-refractivity contribution in [2.24, 2.45) is 5.11 Å². The summed E-state index contributed by atoms with van der Waals surface area (Å²) in [6.07, 6.45) is -0.696. The first-order valence-electron chi connectivity index (χ1n) is 12.6. The molecule has 0 unspecified atom stereocenters. The normalized spacial score (nSPS) is 23.3. The van der Waals surface area contributed by atoms with Crippen LogP contribution in [0.25, 0.3) is 10.4 Å². The summed E-state index contributed by atoms with van der Waals surface area (Å²) in [5.74, 6) is 0. The number of ether oxygens (including phenoxy) is 4. The van der Waals surface area contributed by atoms with Gasteiger partial charge in [-0.05, 0) is 42.1 Å². The molecule has 8 heteroatoms. The van der Waals surface area contributed by atoms with E-state index in [0.29, 0.717) is 32.8 Å². The van der Waals surface area contributed by atoms with Gasteiger partial charge in [0.2, 0.25) is 0 Å². The van der Waals surface area contributed by atoms with E-state index in [0.717, 1.165) is 16.0 Å². The Balaban J connectivity index is 1.57. The highest BCUT2D eigenvalue weighted by atomic mass is 32.2. The molecule has 7 nitrogen and oxygen atoms in total. The number of nitrogens with zero attached hydrogens (tertiary/aromatic N) is 3. The van der Waals surface area contributed by atoms with Gasteiger partial charge >= 0.3 is 0 Å². The van der Waals surface area contributed by atoms with Crippen LogP contribution in [0.4, 0.5) is 0 Å². The van der Waals surface area contributed by atoms with Crippen LogP contribution in [0.1, 0.15) is 24.5 Å². The van der Waals surface area contributed by atoms with Gasteiger partial charge < -0.3 is 18.9 Å². The highest BCUT2D eigenvalue weighted by Crippen LogP contribution is 2.37. The Bertz CT molecular complexity index is 1100. The van der Waals surface area contributed by atoms with Crippen molar-refractivity contribution in [1.29, 1.82) is 0 Å². The molecular formula is C29H33N3O4S. The maximum Gasteiger partial charge on any atom is 0.136 e. The van der Waals surface area contributed by atoms with E-state index in [-0.39, 0.29) is 29.9 Å². The number of rotatable bonds is 13. The van der Waals surface area contributed by atoms with E-state index in [4.69, 9.17) is 24.5 Å². The summed E-state index contributed by atoms with van der Waals surface area (Å²) < 4.78 is 26.0. The Morgan fingerprint density at radius 2 is 1.35 bits per heavy atom. The molecule has 0 saturated carbocycles. The van der Waals surface area contributed by atoms with Crippen molar-refractivity contribution in [3.05, 3.63) is 113 Å². The molecule has 194 valence electrons. The van der Waals surface area contributed by atoms with Gasteiger partial charge in [0.15, 0.2) is 0 Å². The number of benzene rings is 3. The Kier molecular flexibility index (Phi) is 10.9. The monoisotopic (exact) mass is 519 g/mol. The molecule has 0 radical (unpaired) electrons. The second-order valence-electron chi connectivity index (χ2n) is 8.81. The molecule has 4 rings (SSSR count). The van der Waals surface area contributed by atoms with Gasteiger partial charge in [0.05, 0.1) is 19.3 Å². The van der Waals surface area contributed by atoms with Gasteiger partial charge in [0.25, 0.3) is 0 Å². The largest absolute Gasteiger partial charge is 0.373 e. The lowest BCUT2D eigenvalue weighted by Crippen LogP contribution is -2.58. The van der Waals surface area contributed by atoms with E-state index in [1.165, 1.54) is 0 Å². The fourth-order valence-corrected chi connectivity index (χ4v) is 5.41. The van der Waals surface area contributed by atoms with Crippen LogP contribution >= 0.6 is 11.8 Å². The average Bonchev–Trinajstić information content (AvgIpc) is 2.94. The van der Waals surface area contributed by atoms with Crippen molar-refractivity contribution in [3.63, 3.8) is 0 Å². The van der Waals surface area contributed by atoms with Gasteiger partial charge in [-0.1, -0.05) is 95.7 Å². The van der Waals surface area contributed by atoms with E-state index >= 15 is 0 Å². The van der Waals surface area contributed by atoms with Gasteiger partial charge in [0, 0.05) is 23.0 Å². The predicted molar refractivity (Wildman–Crippen MR) is 145 cm³/mol. The molecule has 1 saturated heterocycles. The molecule has 3 aromatic rings. The molecule has 1 aliphatic heterocycles. The van der Waals surface area contributed by atoms with Gasteiger partial charge in [-0.2, -0.15) is 0 Å². The summed E-state index contributed by atoms with van der Waals surface area (Å²) in [7, 11) is 0. The number of hydrogen-bond donors (Lipinski definition) is 0. The minimum atomic E-state index is -0.382. The van der Waals surface area contributed by atoms with Crippen LogP contribution in [0, 0.1) is 0 Å². The number of azide groups is 1. The zero-order valence-electron chi connectivity index (χ0n) is 21.0. The fraction of sp³-hybridized carbons (Fsp3) is 0.379. The summed E-state index contributed by atoms with van der Waals surface area (Å²) in [6, 6.07) is 30.4.